The number of unbranched alkanes of at least 4 members (excludes halogenated alkanes) is 3. The lowest BCUT2D eigenvalue weighted by Crippen LogP contribution is -2.21. The van der Waals surface area contributed by atoms with Crippen LogP contribution < -0.4 is 0 Å². The Kier molecular flexibility index (Phi) is 6.52. The fraction of sp³-hybridized carbons (Fsp3) is 0.562. The average molecular weight is 279 g/mol. The Morgan fingerprint density at radius 3 is 2.40 bits per heavy atom. The Morgan fingerprint density at radius 1 is 1.10 bits per heavy atom. The average Bonchev–Trinajstić information content (AvgIpc) is 2.35. The van der Waals surface area contributed by atoms with E-state index in [0.29, 0.717) is 5.56 Å². The van der Waals surface area contributed by atoms with Crippen LogP contribution in [0.3, 0.4) is 0 Å². The maximum Gasteiger partial charge on any atom is 0.180 e. The van der Waals surface area contributed by atoms with Crippen molar-refractivity contribution in [2.24, 2.45) is 0 Å². The number of hydrogen-bond donors (Lipinski definition) is 2. The molecule has 0 spiro atoms. The highest BCUT2D eigenvalue weighted by Crippen LogP contribution is 2.29. The topological polar surface area (TPSA) is 60.8 Å². The molecule has 0 radical (unpaired) electrons. The summed E-state index contributed by atoms with van der Waals surface area (Å²) in [5.41, 5.74) is 1.03. The molecule has 1 aromatic carbocycles. The second-order valence-corrected chi connectivity index (χ2v) is 5.47. The number of Topliss-reactive ketones (excluding diaryl/α,β-unsaturated/α-hetero) is 1. The molecule has 0 atom stereocenters. The van der Waals surface area contributed by atoms with Crippen LogP contribution in [0.15, 0.2) is 12.1 Å². The summed E-state index contributed by atoms with van der Waals surface area (Å²) >= 11 is 0. The van der Waals surface area contributed by atoms with Gasteiger partial charge in [0.1, 0.15) is 11.5 Å². The number of carbonyl (C=O) groups is 1. The predicted molar refractivity (Wildman–Crippen MR) is 80.5 cm³/mol. The van der Waals surface area contributed by atoms with Gasteiger partial charge in [-0.05, 0) is 38.6 Å². The van der Waals surface area contributed by atoms with Gasteiger partial charge in [0.25, 0.3) is 0 Å². The zero-order valence-electron chi connectivity index (χ0n) is 12.6. The highest BCUT2D eigenvalue weighted by atomic mass is 16.3. The number of benzene rings is 1. The number of likely N-dealkylation sites (N-methyl/N-ethyl adjacent to an activating group) is 1. The van der Waals surface area contributed by atoms with Crippen molar-refractivity contribution >= 4 is 5.78 Å². The van der Waals surface area contributed by atoms with Crippen LogP contribution in [0, 0.1) is 0 Å². The van der Waals surface area contributed by atoms with E-state index in [2.05, 4.69) is 6.92 Å². The lowest BCUT2D eigenvalue weighted by atomic mass is 10.00. The van der Waals surface area contributed by atoms with E-state index >= 15 is 0 Å². The molecule has 0 aliphatic heterocycles. The van der Waals surface area contributed by atoms with Gasteiger partial charge in [0.05, 0.1) is 12.1 Å². The van der Waals surface area contributed by atoms with Gasteiger partial charge in [0.15, 0.2) is 5.78 Å². The molecule has 0 saturated carbocycles. The largest absolute Gasteiger partial charge is 0.508 e. The molecule has 4 heteroatoms. The van der Waals surface area contributed by atoms with Gasteiger partial charge in [-0.3, -0.25) is 4.79 Å². The van der Waals surface area contributed by atoms with Gasteiger partial charge in [-0.2, -0.15) is 0 Å². The minimum Gasteiger partial charge on any atom is -0.508 e. The first-order valence-corrected chi connectivity index (χ1v) is 7.18. The van der Waals surface area contributed by atoms with Crippen LogP contribution in [-0.4, -0.2) is 41.5 Å². The van der Waals surface area contributed by atoms with Crippen molar-refractivity contribution in [3.63, 3.8) is 0 Å². The van der Waals surface area contributed by atoms with Gasteiger partial charge >= 0.3 is 0 Å². The maximum atomic E-state index is 12.0. The third kappa shape index (κ3) is 4.85. The maximum absolute atomic E-state index is 12.0. The van der Waals surface area contributed by atoms with Crippen LogP contribution in [0.2, 0.25) is 0 Å². The summed E-state index contributed by atoms with van der Waals surface area (Å²) in [6, 6.07) is 2.90. The van der Waals surface area contributed by atoms with Gasteiger partial charge in [-0.25, -0.2) is 0 Å². The number of phenols is 2. The molecule has 0 aliphatic rings. The molecule has 0 fully saturated rings. The van der Waals surface area contributed by atoms with E-state index in [4.69, 9.17) is 0 Å². The van der Waals surface area contributed by atoms with E-state index in [9.17, 15) is 15.0 Å². The Bertz CT molecular complexity index is 455. The number of carbonyl (C=O) groups excluding carboxylic acids is 1. The van der Waals surface area contributed by atoms with Gasteiger partial charge in [-0.1, -0.05) is 26.2 Å². The molecule has 0 bridgehead atoms. The fourth-order valence-electron chi connectivity index (χ4n) is 2.16. The number of phenolic OH excluding ortho intramolecular Hbond substituents is 2. The summed E-state index contributed by atoms with van der Waals surface area (Å²) in [5, 5.41) is 19.7. The smallest absolute Gasteiger partial charge is 0.180 e. The minimum atomic E-state index is -0.147. The minimum absolute atomic E-state index is 0.0698. The molecular weight excluding hydrogens is 254 g/mol. The second-order valence-electron chi connectivity index (χ2n) is 5.47. The molecule has 0 saturated heterocycles. The SMILES string of the molecule is CCCCCCc1cc(C(=O)CN(C)C)c(O)cc1O. The number of ketones is 1. The standard InChI is InChI=1S/C16H25NO3/c1-4-5-6-7-8-12-9-13(15(19)10-14(12)18)16(20)11-17(2)3/h9-10,18-19H,4-8,11H2,1-3H3. The van der Waals surface area contributed by atoms with Gasteiger partial charge in [-0.15, -0.1) is 0 Å². The van der Waals surface area contributed by atoms with E-state index in [1.165, 1.54) is 12.5 Å². The van der Waals surface area contributed by atoms with E-state index in [-0.39, 0.29) is 23.8 Å². The summed E-state index contributed by atoms with van der Waals surface area (Å²) in [4.78, 5) is 13.8. The van der Waals surface area contributed by atoms with Crippen molar-refractivity contribution in [2.75, 3.05) is 20.6 Å². The summed E-state index contributed by atoms with van der Waals surface area (Å²) in [5.74, 6) is -0.214. The van der Waals surface area contributed by atoms with Crippen molar-refractivity contribution < 1.29 is 15.0 Å². The molecule has 1 rings (SSSR count). The molecule has 0 aromatic heterocycles. The lowest BCUT2D eigenvalue weighted by Gasteiger charge is -2.12. The number of aromatic hydroxyl groups is 2. The first-order chi connectivity index (χ1) is 9.45. The van der Waals surface area contributed by atoms with Crippen LogP contribution in [-0.2, 0) is 6.42 Å². The Labute approximate surface area is 121 Å². The number of nitrogens with zero attached hydrogens (tertiary/aromatic N) is 1. The van der Waals surface area contributed by atoms with Crippen molar-refractivity contribution in [2.45, 2.75) is 39.0 Å². The molecule has 0 unspecified atom stereocenters. The third-order valence-electron chi connectivity index (χ3n) is 3.26. The van der Waals surface area contributed by atoms with Crippen molar-refractivity contribution in [3.8, 4) is 11.5 Å². The fourth-order valence-corrected chi connectivity index (χ4v) is 2.16. The summed E-state index contributed by atoms with van der Waals surface area (Å²) in [6.45, 7) is 2.39. The quantitative estimate of drug-likeness (QED) is 0.567. The van der Waals surface area contributed by atoms with Crippen LogP contribution in [0.25, 0.3) is 0 Å². The summed E-state index contributed by atoms with van der Waals surface area (Å²) in [6.07, 6.45) is 5.15. The van der Waals surface area contributed by atoms with Crippen LogP contribution in [0.5, 0.6) is 11.5 Å². The lowest BCUT2D eigenvalue weighted by molar-refractivity contribution is 0.0955. The Morgan fingerprint density at radius 2 is 1.80 bits per heavy atom. The molecule has 0 aliphatic carbocycles. The van der Waals surface area contributed by atoms with E-state index in [1.807, 2.05) is 0 Å². The summed E-state index contributed by atoms with van der Waals surface area (Å²) < 4.78 is 0. The molecule has 0 heterocycles. The highest BCUT2D eigenvalue weighted by molar-refractivity contribution is 6.00. The molecule has 112 valence electrons. The van der Waals surface area contributed by atoms with E-state index in [0.717, 1.165) is 31.2 Å². The predicted octanol–water partition coefficient (Wildman–Crippen LogP) is 2.96. The Hall–Kier alpha value is -1.55. The highest BCUT2D eigenvalue weighted by Gasteiger charge is 2.15. The van der Waals surface area contributed by atoms with Crippen molar-refractivity contribution in [1.82, 2.24) is 4.90 Å². The van der Waals surface area contributed by atoms with Gasteiger partial charge in [0, 0.05) is 6.07 Å². The zero-order chi connectivity index (χ0) is 15.1. The summed E-state index contributed by atoms with van der Waals surface area (Å²) in [7, 11) is 3.61. The number of hydrogen-bond acceptors (Lipinski definition) is 4. The molecule has 1 aromatic rings. The van der Waals surface area contributed by atoms with Crippen molar-refractivity contribution in [3.05, 3.63) is 23.3 Å². The zero-order valence-corrected chi connectivity index (χ0v) is 12.6. The monoisotopic (exact) mass is 279 g/mol. The second kappa shape index (κ2) is 7.90. The molecule has 20 heavy (non-hydrogen) atoms. The number of rotatable bonds is 8. The Balaban J connectivity index is 2.83. The molecule has 0 amide bonds. The van der Waals surface area contributed by atoms with Crippen LogP contribution >= 0.6 is 0 Å². The first-order valence-electron chi connectivity index (χ1n) is 7.18. The first kappa shape index (κ1) is 16.5. The third-order valence-corrected chi connectivity index (χ3v) is 3.26. The van der Waals surface area contributed by atoms with Crippen LogP contribution in [0.1, 0.15) is 48.5 Å². The molecule has 4 nitrogen and oxygen atoms in total. The van der Waals surface area contributed by atoms with E-state index < -0.39 is 0 Å². The van der Waals surface area contributed by atoms with Gasteiger partial charge < -0.3 is 15.1 Å². The van der Waals surface area contributed by atoms with Gasteiger partial charge in [0.2, 0.25) is 0 Å². The van der Waals surface area contributed by atoms with Crippen LogP contribution in [0.4, 0.5) is 0 Å². The molecular formula is C16H25NO3. The van der Waals surface area contributed by atoms with E-state index in [1.54, 1.807) is 25.1 Å². The van der Waals surface area contributed by atoms with Crippen molar-refractivity contribution in [1.29, 1.82) is 0 Å². The normalized spacial score (nSPS) is 11.0. The number of aryl methyl sites for hydroxylation is 1. The molecule has 2 N–H and O–H groups in total.